The molecule has 0 aliphatic carbocycles. The van der Waals surface area contributed by atoms with Gasteiger partial charge in [0.1, 0.15) is 0 Å². The van der Waals surface area contributed by atoms with E-state index in [-0.39, 0.29) is 18.4 Å². The van der Waals surface area contributed by atoms with E-state index in [4.69, 9.17) is 5.11 Å². The maximum absolute atomic E-state index is 11.0. The van der Waals surface area contributed by atoms with Gasteiger partial charge in [-0.25, -0.2) is 0 Å². The minimum atomic E-state index is 0.137. The fourth-order valence-corrected chi connectivity index (χ4v) is 1.81. The Kier molecular flexibility index (Phi) is 3.09. The maximum Gasteiger partial charge on any atom is 0.219 e. The van der Waals surface area contributed by atoms with Crippen LogP contribution in [0, 0.1) is 5.92 Å². The third-order valence-corrected chi connectivity index (χ3v) is 2.77. The summed E-state index contributed by atoms with van der Waals surface area (Å²) in [7, 11) is 0. The third kappa shape index (κ3) is 1.61. The van der Waals surface area contributed by atoms with E-state index in [0.29, 0.717) is 6.04 Å². The number of likely N-dealkylation sites (tertiary alicyclic amines) is 1. The molecule has 3 nitrogen and oxygen atoms in total. The van der Waals surface area contributed by atoms with E-state index in [1.54, 1.807) is 6.92 Å². The maximum atomic E-state index is 11.0. The molecule has 1 heterocycles. The fourth-order valence-electron chi connectivity index (χ4n) is 1.81. The normalized spacial score (nSPS) is 24.9. The van der Waals surface area contributed by atoms with Crippen LogP contribution in [0.25, 0.3) is 0 Å². The Morgan fingerprint density at radius 2 is 2.42 bits per heavy atom. The van der Waals surface area contributed by atoms with Gasteiger partial charge >= 0.3 is 0 Å². The van der Waals surface area contributed by atoms with Crippen molar-refractivity contribution in [2.24, 2.45) is 5.92 Å². The minimum absolute atomic E-state index is 0.137. The summed E-state index contributed by atoms with van der Waals surface area (Å²) in [6, 6.07) is 0.303. The molecular weight excluding hydrogens is 154 g/mol. The molecule has 1 N–H and O–H groups in total. The third-order valence-electron chi connectivity index (χ3n) is 2.77. The van der Waals surface area contributed by atoms with Crippen LogP contribution in [-0.2, 0) is 4.79 Å². The van der Waals surface area contributed by atoms with E-state index in [1.165, 1.54) is 0 Å². The van der Waals surface area contributed by atoms with E-state index in [2.05, 4.69) is 6.92 Å². The van der Waals surface area contributed by atoms with Crippen molar-refractivity contribution in [3.05, 3.63) is 0 Å². The first kappa shape index (κ1) is 9.52. The first-order chi connectivity index (χ1) is 5.70. The number of carbonyl (C=O) groups excluding carboxylic acids is 1. The lowest BCUT2D eigenvalue weighted by atomic mass is 9.88. The van der Waals surface area contributed by atoms with Crippen LogP contribution in [0.2, 0.25) is 0 Å². The second-order valence-corrected chi connectivity index (χ2v) is 3.42. The second-order valence-electron chi connectivity index (χ2n) is 3.42. The number of aliphatic hydroxyl groups excluding tert-OH is 1. The fraction of sp³-hybridized carbons (Fsp3) is 0.889. The lowest BCUT2D eigenvalue weighted by Gasteiger charge is -2.44. The number of nitrogens with zero attached hydrogens (tertiary/aromatic N) is 1. The zero-order chi connectivity index (χ0) is 9.14. The van der Waals surface area contributed by atoms with Gasteiger partial charge in [0.05, 0.1) is 0 Å². The van der Waals surface area contributed by atoms with Gasteiger partial charge in [0.2, 0.25) is 5.91 Å². The van der Waals surface area contributed by atoms with Crippen LogP contribution in [0.3, 0.4) is 0 Å². The molecule has 0 aromatic carbocycles. The molecule has 0 saturated carbocycles. The van der Waals surface area contributed by atoms with Gasteiger partial charge in [-0.15, -0.1) is 0 Å². The Bertz CT molecular complexity index is 166. The first-order valence-corrected chi connectivity index (χ1v) is 4.58. The summed E-state index contributed by atoms with van der Waals surface area (Å²) in [6.07, 6.45) is 2.00. The second kappa shape index (κ2) is 3.90. The van der Waals surface area contributed by atoms with Gasteiger partial charge in [-0.2, -0.15) is 0 Å². The van der Waals surface area contributed by atoms with Gasteiger partial charge in [0.15, 0.2) is 0 Å². The number of amides is 1. The summed E-state index contributed by atoms with van der Waals surface area (Å²) >= 11 is 0. The van der Waals surface area contributed by atoms with E-state index in [9.17, 15) is 4.79 Å². The summed E-state index contributed by atoms with van der Waals surface area (Å²) in [6.45, 7) is 4.72. The van der Waals surface area contributed by atoms with Gasteiger partial charge < -0.3 is 10.0 Å². The number of hydrogen-bond donors (Lipinski definition) is 1. The molecular formula is C9H17NO2. The molecule has 12 heavy (non-hydrogen) atoms. The molecule has 1 fully saturated rings. The predicted molar refractivity (Wildman–Crippen MR) is 46.7 cm³/mol. The first-order valence-electron chi connectivity index (χ1n) is 4.58. The Hall–Kier alpha value is -0.570. The van der Waals surface area contributed by atoms with Crippen molar-refractivity contribution in [3.8, 4) is 0 Å². The van der Waals surface area contributed by atoms with Crippen molar-refractivity contribution in [3.63, 3.8) is 0 Å². The highest BCUT2D eigenvalue weighted by molar-refractivity contribution is 5.74. The van der Waals surface area contributed by atoms with E-state index >= 15 is 0 Å². The Labute approximate surface area is 73.4 Å². The molecule has 1 rings (SSSR count). The molecule has 0 bridgehead atoms. The van der Waals surface area contributed by atoms with Gasteiger partial charge in [-0.05, 0) is 12.8 Å². The summed E-state index contributed by atoms with van der Waals surface area (Å²) in [5, 5.41) is 9.02. The summed E-state index contributed by atoms with van der Waals surface area (Å²) in [4.78, 5) is 12.9. The number of aliphatic hydroxyl groups is 1. The molecule has 1 saturated heterocycles. The van der Waals surface area contributed by atoms with Gasteiger partial charge in [-0.3, -0.25) is 4.79 Å². The molecule has 1 amide bonds. The van der Waals surface area contributed by atoms with Crippen molar-refractivity contribution in [1.82, 2.24) is 4.90 Å². The lowest BCUT2D eigenvalue weighted by molar-refractivity contribution is -0.139. The van der Waals surface area contributed by atoms with Gasteiger partial charge in [0.25, 0.3) is 0 Å². The topological polar surface area (TPSA) is 40.5 Å². The number of carbonyl (C=O) groups is 1. The minimum Gasteiger partial charge on any atom is -0.396 e. The molecule has 0 aromatic heterocycles. The van der Waals surface area contributed by atoms with E-state index < -0.39 is 0 Å². The molecule has 1 aliphatic rings. The van der Waals surface area contributed by atoms with Crippen LogP contribution in [0.4, 0.5) is 0 Å². The van der Waals surface area contributed by atoms with Crippen molar-refractivity contribution in [2.75, 3.05) is 13.2 Å². The Balaban J connectivity index is 2.46. The average molecular weight is 171 g/mol. The number of rotatable bonds is 3. The summed E-state index contributed by atoms with van der Waals surface area (Å²) in [5.74, 6) is 0.417. The smallest absolute Gasteiger partial charge is 0.219 e. The molecule has 3 heteroatoms. The molecule has 0 aromatic rings. The molecule has 2 unspecified atom stereocenters. The SMILES string of the molecule is CCC(CO)C1CCN1C(C)=O. The quantitative estimate of drug-likeness (QED) is 0.676. The average Bonchev–Trinajstić information content (AvgIpc) is 1.96. The molecule has 0 radical (unpaired) electrons. The lowest BCUT2D eigenvalue weighted by Crippen LogP contribution is -2.54. The van der Waals surface area contributed by atoms with Gasteiger partial charge in [-0.1, -0.05) is 6.92 Å². The highest BCUT2D eigenvalue weighted by atomic mass is 16.3. The zero-order valence-electron chi connectivity index (χ0n) is 7.79. The largest absolute Gasteiger partial charge is 0.396 e. The van der Waals surface area contributed by atoms with Crippen molar-refractivity contribution >= 4 is 5.91 Å². The molecule has 0 spiro atoms. The van der Waals surface area contributed by atoms with E-state index in [0.717, 1.165) is 19.4 Å². The van der Waals surface area contributed by atoms with Crippen molar-refractivity contribution in [2.45, 2.75) is 32.7 Å². The zero-order valence-corrected chi connectivity index (χ0v) is 7.79. The standard InChI is InChI=1S/C9H17NO2/c1-3-8(6-11)9-4-5-10(9)7(2)12/h8-9,11H,3-6H2,1-2H3. The number of hydrogen-bond acceptors (Lipinski definition) is 2. The van der Waals surface area contributed by atoms with Crippen LogP contribution < -0.4 is 0 Å². The summed E-state index contributed by atoms with van der Waals surface area (Å²) < 4.78 is 0. The monoisotopic (exact) mass is 171 g/mol. The predicted octanol–water partition coefficient (Wildman–Crippen LogP) is 0.626. The summed E-state index contributed by atoms with van der Waals surface area (Å²) in [5.41, 5.74) is 0. The van der Waals surface area contributed by atoms with Crippen LogP contribution in [-0.4, -0.2) is 35.1 Å². The van der Waals surface area contributed by atoms with Crippen LogP contribution in [0.1, 0.15) is 26.7 Å². The highest BCUT2D eigenvalue weighted by Gasteiger charge is 2.34. The highest BCUT2D eigenvalue weighted by Crippen LogP contribution is 2.26. The van der Waals surface area contributed by atoms with Crippen molar-refractivity contribution in [1.29, 1.82) is 0 Å². The Morgan fingerprint density at radius 1 is 1.75 bits per heavy atom. The Morgan fingerprint density at radius 3 is 2.67 bits per heavy atom. The molecule has 1 aliphatic heterocycles. The van der Waals surface area contributed by atoms with Crippen LogP contribution >= 0.6 is 0 Å². The van der Waals surface area contributed by atoms with Gasteiger partial charge in [0, 0.05) is 32.0 Å². The van der Waals surface area contributed by atoms with Crippen LogP contribution in [0.5, 0.6) is 0 Å². The van der Waals surface area contributed by atoms with Crippen LogP contribution in [0.15, 0.2) is 0 Å². The van der Waals surface area contributed by atoms with Crippen molar-refractivity contribution < 1.29 is 9.90 Å². The molecule has 70 valence electrons. The van der Waals surface area contributed by atoms with E-state index in [1.807, 2.05) is 4.90 Å². The molecule has 2 atom stereocenters.